The van der Waals surface area contributed by atoms with Gasteiger partial charge in [-0.2, -0.15) is 0 Å². The highest BCUT2D eigenvalue weighted by atomic mass is 19.1. The van der Waals surface area contributed by atoms with Gasteiger partial charge in [-0.15, -0.1) is 0 Å². The molecule has 7 rings (SSSR count). The van der Waals surface area contributed by atoms with Crippen LogP contribution in [0.5, 0.6) is 5.75 Å². The topological polar surface area (TPSA) is 91.6 Å². The lowest BCUT2D eigenvalue weighted by atomic mass is 9.73. The number of rotatable bonds is 3. The fourth-order valence-electron chi connectivity index (χ4n) is 6.36. The van der Waals surface area contributed by atoms with Crippen LogP contribution in [0.25, 0.3) is 0 Å². The van der Waals surface area contributed by atoms with Gasteiger partial charge >= 0.3 is 0 Å². The van der Waals surface area contributed by atoms with Gasteiger partial charge in [-0.1, -0.05) is 0 Å². The van der Waals surface area contributed by atoms with Gasteiger partial charge in [-0.05, 0) is 61.6 Å². The van der Waals surface area contributed by atoms with Crippen molar-refractivity contribution in [2.24, 2.45) is 17.8 Å². The second kappa shape index (κ2) is 6.88. The Bertz CT molecular complexity index is 1290. The number of carbonyl (C=O) groups is 2. The molecule has 5 aliphatic rings. The van der Waals surface area contributed by atoms with Gasteiger partial charge in [0.1, 0.15) is 17.2 Å². The highest BCUT2D eigenvalue weighted by Gasteiger charge is 2.62. The highest BCUT2D eigenvalue weighted by molar-refractivity contribution is 5.99. The zero-order valence-corrected chi connectivity index (χ0v) is 18.0. The number of nitrogens with one attached hydrogen (secondary N) is 1. The fourth-order valence-corrected chi connectivity index (χ4v) is 6.36. The monoisotopic (exact) mass is 455 g/mol. The van der Waals surface area contributed by atoms with Crippen LogP contribution in [-0.2, 0) is 13.1 Å². The second-order valence-electron chi connectivity index (χ2n) is 9.75. The third-order valence-electron chi connectivity index (χ3n) is 8.03. The lowest BCUT2D eigenvalue weighted by molar-refractivity contribution is -0.0238. The quantitative estimate of drug-likeness (QED) is 0.743. The first-order valence-corrected chi connectivity index (χ1v) is 11.3. The number of aromatic hydroxyl groups is 1. The van der Waals surface area contributed by atoms with Gasteiger partial charge in [0.25, 0.3) is 11.8 Å². The maximum Gasteiger partial charge on any atom is 0.275 e. The molecule has 172 valence electrons. The molecule has 0 radical (unpaired) electrons. The van der Waals surface area contributed by atoms with Crippen molar-refractivity contribution in [3.63, 3.8) is 0 Å². The number of halogens is 2. The number of hydrogen-bond donors (Lipinski definition) is 2. The van der Waals surface area contributed by atoms with Crippen LogP contribution in [0.15, 0.2) is 23.1 Å². The molecular formula is C24H23F2N3O4. The molecule has 5 atom stereocenters. The minimum atomic E-state index is -0.951. The highest BCUT2D eigenvalue weighted by Crippen LogP contribution is 2.61. The van der Waals surface area contributed by atoms with Crippen LogP contribution in [0.3, 0.4) is 0 Å². The van der Waals surface area contributed by atoms with Crippen molar-refractivity contribution in [2.45, 2.75) is 51.4 Å². The molecule has 1 aromatic carbocycles. The lowest BCUT2D eigenvalue weighted by Gasteiger charge is -2.53. The number of nitrogens with zero attached hydrogens (tertiary/aromatic N) is 2. The van der Waals surface area contributed by atoms with Crippen molar-refractivity contribution in [1.29, 1.82) is 0 Å². The van der Waals surface area contributed by atoms with E-state index in [0.717, 1.165) is 31.4 Å². The summed E-state index contributed by atoms with van der Waals surface area (Å²) in [4.78, 5) is 40.7. The number of fused-ring (bicyclic) bond motifs is 2. The van der Waals surface area contributed by atoms with Gasteiger partial charge in [-0.25, -0.2) is 8.78 Å². The minimum absolute atomic E-state index is 0.00468. The maximum atomic E-state index is 14.1. The molecule has 4 fully saturated rings. The lowest BCUT2D eigenvalue weighted by Crippen LogP contribution is -2.63. The Morgan fingerprint density at radius 3 is 2.70 bits per heavy atom. The van der Waals surface area contributed by atoms with E-state index in [2.05, 4.69) is 5.32 Å². The van der Waals surface area contributed by atoms with E-state index in [1.54, 1.807) is 0 Å². The van der Waals surface area contributed by atoms with Gasteiger partial charge in [0, 0.05) is 30.9 Å². The third-order valence-corrected chi connectivity index (χ3v) is 8.03. The Labute approximate surface area is 188 Å². The third kappa shape index (κ3) is 2.87. The molecule has 2 N–H and O–H groups in total. The van der Waals surface area contributed by atoms with Gasteiger partial charge in [0.15, 0.2) is 11.4 Å². The Kier molecular flexibility index (Phi) is 4.25. The molecule has 2 amide bonds. The molecular weight excluding hydrogens is 432 g/mol. The van der Waals surface area contributed by atoms with Crippen LogP contribution in [0.1, 0.15) is 51.2 Å². The Balaban J connectivity index is 1.30. The van der Waals surface area contributed by atoms with Crippen molar-refractivity contribution in [1.82, 2.24) is 14.8 Å². The largest absolute Gasteiger partial charge is 0.503 e. The SMILES string of the molecule is Cc1cc(F)c(CNC(=O)c2cn3c(c(O)c2=O)C(=O)N2C4CCC([C@@H]5C[C@H]45)[C@@H]2C3)cc1F. The standard InChI is InChI=1S/C24H23F2N3O4/c1-10-4-17(26)11(5-16(10)25)7-27-23(32)15-8-28-9-19-12-2-3-18(14-6-13(12)14)29(19)24(33)20(28)22(31)21(15)30/h4-5,8,12-14,18-19,31H,2-3,6-7,9H2,1H3,(H,27,32)/t12?,13-,14-,18?,19-/m0/s1. The summed E-state index contributed by atoms with van der Waals surface area (Å²) in [6.07, 6.45) is 4.45. The number of piperidine rings is 2. The van der Waals surface area contributed by atoms with E-state index >= 15 is 0 Å². The van der Waals surface area contributed by atoms with E-state index in [4.69, 9.17) is 0 Å². The smallest absolute Gasteiger partial charge is 0.275 e. The first kappa shape index (κ1) is 20.4. The Morgan fingerprint density at radius 1 is 1.12 bits per heavy atom. The van der Waals surface area contributed by atoms with Crippen molar-refractivity contribution in [2.75, 3.05) is 0 Å². The van der Waals surface area contributed by atoms with E-state index in [0.29, 0.717) is 24.3 Å². The molecule has 2 saturated carbocycles. The number of aryl methyl sites for hydroxylation is 1. The molecule has 2 aliphatic carbocycles. The Morgan fingerprint density at radius 2 is 1.91 bits per heavy atom. The molecule has 2 aromatic rings. The summed E-state index contributed by atoms with van der Waals surface area (Å²) in [5.41, 5.74) is -1.28. The Hall–Kier alpha value is -3.23. The molecule has 1 aromatic heterocycles. The molecule has 0 spiro atoms. The van der Waals surface area contributed by atoms with Gasteiger partial charge in [-0.3, -0.25) is 14.4 Å². The number of aromatic nitrogens is 1. The van der Waals surface area contributed by atoms with E-state index in [1.807, 2.05) is 4.90 Å². The summed E-state index contributed by atoms with van der Waals surface area (Å²) in [5.74, 6) is -1.63. The predicted octanol–water partition coefficient (Wildman–Crippen LogP) is 2.32. The summed E-state index contributed by atoms with van der Waals surface area (Å²) < 4.78 is 29.4. The zero-order chi connectivity index (χ0) is 23.2. The molecule has 9 heteroatoms. The number of carbonyl (C=O) groups excluding carboxylic acids is 2. The van der Waals surface area contributed by atoms with E-state index in [9.17, 15) is 28.3 Å². The van der Waals surface area contributed by atoms with Crippen LogP contribution >= 0.6 is 0 Å². The van der Waals surface area contributed by atoms with Crippen LogP contribution in [0.2, 0.25) is 0 Å². The molecule has 2 bridgehead atoms. The van der Waals surface area contributed by atoms with Crippen LogP contribution in [-0.4, -0.2) is 38.5 Å². The average Bonchev–Trinajstić information content (AvgIpc) is 3.60. The van der Waals surface area contributed by atoms with E-state index in [1.165, 1.54) is 17.7 Å². The summed E-state index contributed by atoms with van der Waals surface area (Å²) in [5, 5.41) is 13.0. The number of benzene rings is 1. The second-order valence-corrected chi connectivity index (χ2v) is 9.75. The molecule has 3 aliphatic heterocycles. The summed E-state index contributed by atoms with van der Waals surface area (Å²) in [6.45, 7) is 1.52. The van der Waals surface area contributed by atoms with Crippen molar-refractivity contribution >= 4 is 11.8 Å². The van der Waals surface area contributed by atoms with E-state index < -0.39 is 28.7 Å². The predicted molar refractivity (Wildman–Crippen MR) is 113 cm³/mol. The fraction of sp³-hybridized carbons (Fsp3) is 0.458. The molecule has 7 nitrogen and oxygen atoms in total. The summed E-state index contributed by atoms with van der Waals surface area (Å²) in [6, 6.07) is 2.19. The number of amides is 2. The van der Waals surface area contributed by atoms with Gasteiger partial charge in [0.05, 0.1) is 6.04 Å². The summed E-state index contributed by atoms with van der Waals surface area (Å²) >= 11 is 0. The van der Waals surface area contributed by atoms with Crippen LogP contribution in [0, 0.1) is 36.3 Å². The zero-order valence-electron chi connectivity index (χ0n) is 18.0. The van der Waals surface area contributed by atoms with Crippen LogP contribution in [0.4, 0.5) is 8.78 Å². The molecule has 2 unspecified atom stereocenters. The van der Waals surface area contributed by atoms with Gasteiger partial charge < -0.3 is 19.9 Å². The van der Waals surface area contributed by atoms with Crippen molar-refractivity contribution in [3.05, 3.63) is 62.6 Å². The average molecular weight is 455 g/mol. The number of hydrogen-bond acceptors (Lipinski definition) is 4. The normalized spacial score (nSPS) is 28.8. The maximum absolute atomic E-state index is 14.1. The molecule has 33 heavy (non-hydrogen) atoms. The first-order chi connectivity index (χ1) is 15.8. The van der Waals surface area contributed by atoms with Gasteiger partial charge in [0.2, 0.25) is 5.43 Å². The van der Waals surface area contributed by atoms with Crippen molar-refractivity contribution in [3.8, 4) is 5.75 Å². The van der Waals surface area contributed by atoms with E-state index in [-0.39, 0.29) is 46.9 Å². The first-order valence-electron chi connectivity index (χ1n) is 11.3. The minimum Gasteiger partial charge on any atom is -0.503 e. The summed E-state index contributed by atoms with van der Waals surface area (Å²) in [7, 11) is 0. The number of pyridine rings is 1. The molecule has 4 heterocycles. The van der Waals surface area contributed by atoms with Crippen molar-refractivity contribution < 1.29 is 23.5 Å². The molecule has 2 saturated heterocycles. The van der Waals surface area contributed by atoms with Crippen LogP contribution < -0.4 is 10.7 Å².